The fraction of sp³-hybridized carbons (Fsp3) is 0.682. The van der Waals surface area contributed by atoms with Crippen LogP contribution in [0.1, 0.15) is 58.1 Å². The number of hydrogen-bond acceptors (Lipinski definition) is 3. The molecule has 2 aliphatic carbocycles. The number of rotatable bonds is 4. The van der Waals surface area contributed by atoms with Crippen LogP contribution in [-0.2, 0) is 9.53 Å². The van der Waals surface area contributed by atoms with Crippen LogP contribution in [0.5, 0.6) is 5.75 Å². The van der Waals surface area contributed by atoms with Gasteiger partial charge in [0.1, 0.15) is 5.75 Å². The third kappa shape index (κ3) is 2.49. The van der Waals surface area contributed by atoms with E-state index in [4.69, 9.17) is 9.47 Å². The molecule has 1 spiro atoms. The van der Waals surface area contributed by atoms with Gasteiger partial charge in [-0.1, -0.05) is 32.9 Å². The number of fused-ring (bicyclic) bond motifs is 1. The lowest BCUT2D eigenvalue weighted by atomic mass is 9.59. The molecule has 3 fully saturated rings. The van der Waals surface area contributed by atoms with Crippen LogP contribution in [0, 0.1) is 22.7 Å². The van der Waals surface area contributed by atoms with Crippen molar-refractivity contribution in [2.24, 2.45) is 22.7 Å². The molecule has 0 radical (unpaired) electrons. The summed E-state index contributed by atoms with van der Waals surface area (Å²) < 4.78 is 11.7. The third-order valence-corrected chi connectivity index (χ3v) is 7.55. The van der Waals surface area contributed by atoms with Crippen molar-refractivity contribution >= 4 is 5.91 Å². The van der Waals surface area contributed by atoms with Gasteiger partial charge in [-0.05, 0) is 59.6 Å². The van der Waals surface area contributed by atoms with Crippen LogP contribution in [0.15, 0.2) is 24.3 Å². The second kappa shape index (κ2) is 6.26. The predicted molar refractivity (Wildman–Crippen MR) is 101 cm³/mol. The number of nitrogens with one attached hydrogen (secondary N) is 1. The Labute approximate surface area is 156 Å². The highest BCUT2D eigenvalue weighted by Gasteiger charge is 2.68. The van der Waals surface area contributed by atoms with Gasteiger partial charge in [-0.15, -0.1) is 0 Å². The number of ether oxygens (including phenoxy) is 2. The van der Waals surface area contributed by atoms with Gasteiger partial charge < -0.3 is 14.8 Å². The molecular weight excluding hydrogens is 326 g/mol. The third-order valence-electron chi connectivity index (χ3n) is 7.55. The first-order valence-electron chi connectivity index (χ1n) is 9.97. The quantitative estimate of drug-likeness (QED) is 0.882. The maximum absolute atomic E-state index is 12.3. The van der Waals surface area contributed by atoms with Crippen molar-refractivity contribution in [3.63, 3.8) is 0 Å². The van der Waals surface area contributed by atoms with Crippen molar-refractivity contribution in [2.45, 2.75) is 58.6 Å². The van der Waals surface area contributed by atoms with Gasteiger partial charge >= 0.3 is 0 Å². The fourth-order valence-electron chi connectivity index (χ4n) is 6.20. The predicted octanol–water partition coefficient (Wildman–Crippen LogP) is 4.10. The van der Waals surface area contributed by atoms with E-state index in [9.17, 15) is 4.79 Å². The summed E-state index contributed by atoms with van der Waals surface area (Å²) >= 11 is 0. The Hall–Kier alpha value is -1.55. The maximum Gasteiger partial charge on any atom is 0.219 e. The molecule has 1 aromatic carbocycles. The molecule has 2 saturated carbocycles. The lowest BCUT2D eigenvalue weighted by Crippen LogP contribution is -2.58. The van der Waals surface area contributed by atoms with E-state index in [-0.39, 0.29) is 28.9 Å². The zero-order valence-corrected chi connectivity index (χ0v) is 16.4. The standard InChI is InChI=1S/C22H31NO3/c1-5-18(24)23-20-21(2,3)15-12-17-19(26-10-9-22(17,20)13-15)14-7-6-8-16(11-14)25-4/h6-8,11,15,17,19-20H,5,9-10,12-13H2,1-4H3,(H,23,24)/t15-,17-,19-,20-,22-/m1/s1. The summed E-state index contributed by atoms with van der Waals surface area (Å²) in [6.45, 7) is 7.39. The average molecular weight is 357 g/mol. The van der Waals surface area contributed by atoms with Gasteiger partial charge in [-0.25, -0.2) is 0 Å². The normalized spacial score (nSPS) is 37.2. The van der Waals surface area contributed by atoms with Crippen molar-refractivity contribution in [1.82, 2.24) is 5.32 Å². The molecule has 2 bridgehead atoms. The van der Waals surface area contributed by atoms with Gasteiger partial charge in [0.25, 0.3) is 0 Å². The molecule has 4 rings (SSSR count). The van der Waals surface area contributed by atoms with Gasteiger partial charge in [0.2, 0.25) is 5.91 Å². The van der Waals surface area contributed by atoms with Crippen LogP contribution in [0.3, 0.4) is 0 Å². The van der Waals surface area contributed by atoms with E-state index < -0.39 is 0 Å². The first kappa shape index (κ1) is 17.8. The van der Waals surface area contributed by atoms with E-state index in [1.807, 2.05) is 19.1 Å². The minimum atomic E-state index is 0.0981. The fourth-order valence-corrected chi connectivity index (χ4v) is 6.20. The van der Waals surface area contributed by atoms with E-state index >= 15 is 0 Å². The van der Waals surface area contributed by atoms with E-state index in [0.717, 1.165) is 18.8 Å². The molecule has 3 aliphatic rings. The summed E-state index contributed by atoms with van der Waals surface area (Å²) in [4.78, 5) is 12.3. The summed E-state index contributed by atoms with van der Waals surface area (Å²) in [6, 6.07) is 8.54. The smallest absolute Gasteiger partial charge is 0.219 e. The second-order valence-corrected chi connectivity index (χ2v) is 8.97. The zero-order valence-electron chi connectivity index (χ0n) is 16.4. The minimum Gasteiger partial charge on any atom is -0.497 e. The van der Waals surface area contributed by atoms with Gasteiger partial charge in [0, 0.05) is 19.1 Å². The molecule has 26 heavy (non-hydrogen) atoms. The summed E-state index contributed by atoms with van der Waals surface area (Å²) in [5, 5.41) is 3.42. The van der Waals surface area contributed by atoms with Crippen LogP contribution in [0.25, 0.3) is 0 Å². The maximum atomic E-state index is 12.3. The number of methoxy groups -OCH3 is 1. The molecule has 1 heterocycles. The van der Waals surface area contributed by atoms with E-state index in [2.05, 4.69) is 31.3 Å². The van der Waals surface area contributed by atoms with Crippen molar-refractivity contribution in [2.75, 3.05) is 13.7 Å². The molecule has 142 valence electrons. The molecule has 0 unspecified atom stereocenters. The number of amides is 1. The largest absolute Gasteiger partial charge is 0.497 e. The van der Waals surface area contributed by atoms with Crippen molar-refractivity contribution in [3.05, 3.63) is 29.8 Å². The Morgan fingerprint density at radius 2 is 2.19 bits per heavy atom. The first-order chi connectivity index (χ1) is 12.4. The number of hydrogen-bond donors (Lipinski definition) is 1. The summed E-state index contributed by atoms with van der Waals surface area (Å²) in [5.74, 6) is 2.16. The zero-order chi connectivity index (χ0) is 18.5. The molecule has 1 N–H and O–H groups in total. The van der Waals surface area contributed by atoms with Crippen molar-refractivity contribution < 1.29 is 14.3 Å². The van der Waals surface area contributed by atoms with Crippen LogP contribution >= 0.6 is 0 Å². The molecule has 1 aromatic rings. The van der Waals surface area contributed by atoms with E-state index in [0.29, 0.717) is 18.3 Å². The molecule has 4 heteroatoms. The van der Waals surface area contributed by atoms with Crippen molar-refractivity contribution in [1.29, 1.82) is 0 Å². The highest BCUT2D eigenvalue weighted by Crippen LogP contribution is 2.70. The average Bonchev–Trinajstić information content (AvgIpc) is 3.14. The molecule has 1 saturated heterocycles. The Morgan fingerprint density at radius 1 is 1.38 bits per heavy atom. The summed E-state index contributed by atoms with van der Waals surface area (Å²) in [5.41, 5.74) is 1.52. The highest BCUT2D eigenvalue weighted by molar-refractivity contribution is 5.76. The molecular formula is C22H31NO3. The van der Waals surface area contributed by atoms with Gasteiger partial charge in [0.15, 0.2) is 0 Å². The number of carbonyl (C=O) groups is 1. The first-order valence-corrected chi connectivity index (χ1v) is 9.97. The highest BCUT2D eigenvalue weighted by atomic mass is 16.5. The SMILES string of the molecule is CCC(=O)N[C@@H]1C(C)(C)[C@@H]2C[C@@H]3[C@@H](c4cccc(OC)c4)OCC[C@@]31C2. The summed E-state index contributed by atoms with van der Waals surface area (Å²) in [6.07, 6.45) is 4.10. The van der Waals surface area contributed by atoms with E-state index in [1.165, 1.54) is 18.4 Å². The Bertz CT molecular complexity index is 700. The second-order valence-electron chi connectivity index (χ2n) is 8.97. The molecule has 1 aliphatic heterocycles. The lowest BCUT2D eigenvalue weighted by molar-refractivity contribution is -0.137. The Balaban J connectivity index is 1.69. The molecule has 0 aromatic heterocycles. The topological polar surface area (TPSA) is 47.6 Å². The van der Waals surface area contributed by atoms with Gasteiger partial charge in [-0.2, -0.15) is 0 Å². The van der Waals surface area contributed by atoms with Gasteiger partial charge in [0.05, 0.1) is 13.2 Å². The Morgan fingerprint density at radius 3 is 2.92 bits per heavy atom. The van der Waals surface area contributed by atoms with Crippen LogP contribution in [0.2, 0.25) is 0 Å². The number of carbonyl (C=O) groups excluding carboxylic acids is 1. The van der Waals surface area contributed by atoms with E-state index in [1.54, 1.807) is 7.11 Å². The van der Waals surface area contributed by atoms with Crippen LogP contribution in [-0.4, -0.2) is 25.7 Å². The minimum absolute atomic E-state index is 0.0981. The molecule has 5 atom stereocenters. The monoisotopic (exact) mass is 357 g/mol. The van der Waals surface area contributed by atoms with Crippen LogP contribution < -0.4 is 10.1 Å². The Kier molecular flexibility index (Phi) is 4.30. The lowest BCUT2D eigenvalue weighted by Gasteiger charge is -2.53. The summed E-state index contributed by atoms with van der Waals surface area (Å²) in [7, 11) is 1.71. The van der Waals surface area contributed by atoms with Crippen molar-refractivity contribution in [3.8, 4) is 5.75 Å². The number of benzene rings is 1. The van der Waals surface area contributed by atoms with Crippen LogP contribution in [0.4, 0.5) is 0 Å². The molecule has 1 amide bonds. The molecule has 4 nitrogen and oxygen atoms in total. The van der Waals surface area contributed by atoms with Gasteiger partial charge in [-0.3, -0.25) is 4.79 Å².